The van der Waals surface area contributed by atoms with Crippen LogP contribution in [0.1, 0.15) is 48.9 Å². The van der Waals surface area contributed by atoms with Crippen molar-refractivity contribution < 1.29 is 9.47 Å². The minimum absolute atomic E-state index is 0.412. The van der Waals surface area contributed by atoms with Crippen LogP contribution in [0.4, 0.5) is 11.5 Å². The first-order valence-electron chi connectivity index (χ1n) is 14.3. The first-order valence-corrected chi connectivity index (χ1v) is 14.3. The number of benzene rings is 2. The number of morpholine rings is 1. The Balaban J connectivity index is 1.09. The quantitative estimate of drug-likeness (QED) is 0.434. The first kappa shape index (κ1) is 24.2. The van der Waals surface area contributed by atoms with Gasteiger partial charge in [-0.05, 0) is 61.4 Å². The summed E-state index contributed by atoms with van der Waals surface area (Å²) in [6.07, 6.45) is 4.91. The molecule has 0 atom stereocenters. The summed E-state index contributed by atoms with van der Waals surface area (Å²) in [5.74, 6) is 4.37. The van der Waals surface area contributed by atoms with E-state index in [0.717, 1.165) is 75.4 Å². The maximum atomic E-state index is 5.64. The van der Waals surface area contributed by atoms with Crippen molar-refractivity contribution in [1.82, 2.24) is 14.9 Å². The van der Waals surface area contributed by atoms with Crippen molar-refractivity contribution in [3.05, 3.63) is 53.9 Å². The van der Waals surface area contributed by atoms with E-state index in [-0.39, 0.29) is 0 Å². The van der Waals surface area contributed by atoms with E-state index in [9.17, 15) is 0 Å². The number of methoxy groups -OCH3 is 1. The number of nitrogens with zero attached hydrogens (tertiary/aromatic N) is 5. The molecule has 2 aliphatic heterocycles. The minimum Gasteiger partial charge on any atom is -0.496 e. The fourth-order valence-corrected chi connectivity index (χ4v) is 6.75. The summed E-state index contributed by atoms with van der Waals surface area (Å²) < 4.78 is 11.2. The van der Waals surface area contributed by atoms with E-state index in [1.165, 1.54) is 42.3 Å². The molecule has 1 aromatic heterocycles. The number of hydrogen-bond donors (Lipinski definition) is 0. The molecule has 7 nitrogen and oxygen atoms in total. The van der Waals surface area contributed by atoms with E-state index >= 15 is 0 Å². The third-order valence-corrected chi connectivity index (χ3v) is 9.20. The Labute approximate surface area is 225 Å². The molecule has 0 bridgehead atoms. The van der Waals surface area contributed by atoms with Gasteiger partial charge in [-0.3, -0.25) is 4.90 Å². The van der Waals surface area contributed by atoms with Crippen molar-refractivity contribution in [2.24, 2.45) is 5.41 Å². The van der Waals surface area contributed by atoms with Gasteiger partial charge in [-0.25, -0.2) is 9.97 Å². The summed E-state index contributed by atoms with van der Waals surface area (Å²) >= 11 is 0. The van der Waals surface area contributed by atoms with E-state index in [4.69, 9.17) is 19.4 Å². The third-order valence-electron chi connectivity index (χ3n) is 9.20. The third kappa shape index (κ3) is 4.50. The van der Waals surface area contributed by atoms with Gasteiger partial charge < -0.3 is 19.3 Å². The normalized spacial score (nSPS) is 21.4. The number of para-hydroxylation sites is 1. The average molecular weight is 514 g/mol. The number of hydrogen-bond acceptors (Lipinski definition) is 7. The monoisotopic (exact) mass is 513 g/mol. The number of rotatable bonds is 8. The molecular formula is C31H39N5O2. The van der Waals surface area contributed by atoms with Gasteiger partial charge in [0.1, 0.15) is 17.4 Å². The zero-order valence-corrected chi connectivity index (χ0v) is 22.7. The van der Waals surface area contributed by atoms with Crippen molar-refractivity contribution in [2.75, 3.05) is 76.4 Å². The molecule has 3 heterocycles. The molecular weight excluding hydrogens is 474 g/mol. The second kappa shape index (κ2) is 9.69. The second-order valence-corrected chi connectivity index (χ2v) is 12.0. The molecule has 0 amide bonds. The van der Waals surface area contributed by atoms with Gasteiger partial charge in [-0.1, -0.05) is 18.2 Å². The molecule has 4 fully saturated rings. The van der Waals surface area contributed by atoms with Crippen LogP contribution in [0.25, 0.3) is 10.9 Å². The molecule has 4 aliphatic rings. The molecule has 2 aliphatic carbocycles. The zero-order chi connectivity index (χ0) is 25.7. The number of anilines is 2. The van der Waals surface area contributed by atoms with Crippen LogP contribution in [0.3, 0.4) is 0 Å². The largest absolute Gasteiger partial charge is 0.496 e. The van der Waals surface area contributed by atoms with Crippen LogP contribution in [0.5, 0.6) is 5.75 Å². The number of fused-ring (bicyclic) bond motifs is 1. The SMILES string of the molecule is COc1ccccc1C1CC2(C1)CN(c1nc(C3CC3)nc3ccc(N(C)CCN4CCOCC4)cc13)C2. The summed E-state index contributed by atoms with van der Waals surface area (Å²) in [7, 11) is 3.98. The molecule has 2 aromatic carbocycles. The summed E-state index contributed by atoms with van der Waals surface area (Å²) in [6, 6.07) is 15.3. The van der Waals surface area contributed by atoms with E-state index in [0.29, 0.717) is 17.3 Å². The highest BCUT2D eigenvalue weighted by Gasteiger charge is 2.53. The van der Waals surface area contributed by atoms with Gasteiger partial charge in [0.25, 0.3) is 0 Å². The van der Waals surface area contributed by atoms with Crippen LogP contribution < -0.4 is 14.5 Å². The molecule has 200 valence electrons. The van der Waals surface area contributed by atoms with Gasteiger partial charge in [0.05, 0.1) is 25.8 Å². The lowest BCUT2D eigenvalue weighted by molar-refractivity contribution is 0.0393. The summed E-state index contributed by atoms with van der Waals surface area (Å²) in [6.45, 7) is 7.99. The molecule has 2 saturated heterocycles. The van der Waals surface area contributed by atoms with Crippen LogP contribution in [-0.4, -0.2) is 81.5 Å². The highest BCUT2D eigenvalue weighted by molar-refractivity contribution is 5.92. The molecule has 3 aromatic rings. The fraction of sp³-hybridized carbons (Fsp3) is 0.548. The highest BCUT2D eigenvalue weighted by Crippen LogP contribution is 2.58. The Morgan fingerprint density at radius 1 is 1.03 bits per heavy atom. The van der Waals surface area contributed by atoms with Crippen LogP contribution in [-0.2, 0) is 4.74 Å². The van der Waals surface area contributed by atoms with E-state index in [1.54, 1.807) is 7.11 Å². The summed E-state index contributed by atoms with van der Waals surface area (Å²) in [4.78, 5) is 17.6. The molecule has 7 rings (SSSR count). The van der Waals surface area contributed by atoms with Crippen molar-refractivity contribution in [2.45, 2.75) is 37.5 Å². The van der Waals surface area contributed by atoms with Crippen molar-refractivity contribution in [3.8, 4) is 5.75 Å². The Morgan fingerprint density at radius 2 is 1.82 bits per heavy atom. The Kier molecular flexibility index (Phi) is 6.16. The maximum absolute atomic E-state index is 5.64. The number of aromatic nitrogens is 2. The van der Waals surface area contributed by atoms with Crippen molar-refractivity contribution >= 4 is 22.4 Å². The molecule has 7 heteroatoms. The molecule has 1 spiro atoms. The van der Waals surface area contributed by atoms with E-state index in [1.807, 2.05) is 0 Å². The standard InChI is InChI=1S/C31H39N5O2/c1-34(11-12-35-13-15-38-16-14-35)24-9-10-27-26(17-24)30(33-29(32-27)22-7-8-22)36-20-31(21-36)18-23(19-31)25-5-3-4-6-28(25)37-2/h3-6,9-10,17,22-23H,7-8,11-16,18-21H2,1-2H3. The molecule has 0 radical (unpaired) electrons. The predicted octanol–water partition coefficient (Wildman–Crippen LogP) is 4.67. The molecule has 38 heavy (non-hydrogen) atoms. The summed E-state index contributed by atoms with van der Waals surface area (Å²) in [5.41, 5.74) is 4.11. The van der Waals surface area contributed by atoms with Crippen LogP contribution in [0.15, 0.2) is 42.5 Å². The van der Waals surface area contributed by atoms with Gasteiger partial charge in [-0.2, -0.15) is 0 Å². The smallest absolute Gasteiger partial charge is 0.140 e. The van der Waals surface area contributed by atoms with Gasteiger partial charge >= 0.3 is 0 Å². The van der Waals surface area contributed by atoms with Crippen LogP contribution in [0.2, 0.25) is 0 Å². The fourth-order valence-electron chi connectivity index (χ4n) is 6.75. The zero-order valence-electron chi connectivity index (χ0n) is 22.7. The highest BCUT2D eigenvalue weighted by atomic mass is 16.5. The van der Waals surface area contributed by atoms with Gasteiger partial charge in [0.15, 0.2) is 0 Å². The van der Waals surface area contributed by atoms with Gasteiger partial charge in [0.2, 0.25) is 0 Å². The Hall–Kier alpha value is -2.90. The molecule has 2 saturated carbocycles. The first-order chi connectivity index (χ1) is 18.6. The van der Waals surface area contributed by atoms with Crippen LogP contribution >= 0.6 is 0 Å². The molecule has 0 N–H and O–H groups in total. The second-order valence-electron chi connectivity index (χ2n) is 12.0. The van der Waals surface area contributed by atoms with Crippen LogP contribution in [0, 0.1) is 5.41 Å². The lowest BCUT2D eigenvalue weighted by Gasteiger charge is -2.60. The average Bonchev–Trinajstić information content (AvgIpc) is 3.76. The molecule has 0 unspecified atom stereocenters. The van der Waals surface area contributed by atoms with E-state index in [2.05, 4.69) is 64.2 Å². The van der Waals surface area contributed by atoms with Crippen molar-refractivity contribution in [3.63, 3.8) is 0 Å². The topological polar surface area (TPSA) is 54.0 Å². The maximum Gasteiger partial charge on any atom is 0.140 e. The minimum atomic E-state index is 0.412. The Bertz CT molecular complexity index is 1300. The van der Waals surface area contributed by atoms with E-state index < -0.39 is 0 Å². The van der Waals surface area contributed by atoms with Crippen molar-refractivity contribution in [1.29, 1.82) is 0 Å². The van der Waals surface area contributed by atoms with Gasteiger partial charge in [-0.15, -0.1) is 0 Å². The Morgan fingerprint density at radius 3 is 2.58 bits per heavy atom. The predicted molar refractivity (Wildman–Crippen MR) is 152 cm³/mol. The number of ether oxygens (including phenoxy) is 2. The summed E-state index contributed by atoms with van der Waals surface area (Å²) in [5, 5.41) is 1.19. The van der Waals surface area contributed by atoms with Gasteiger partial charge in [0, 0.05) is 68.7 Å². The lowest BCUT2D eigenvalue weighted by atomic mass is 9.56. The lowest BCUT2D eigenvalue weighted by Crippen LogP contribution is -2.62. The number of likely N-dealkylation sites (N-methyl/N-ethyl adjacent to an activating group) is 1.